The van der Waals surface area contributed by atoms with E-state index in [1.54, 1.807) is 0 Å². The van der Waals surface area contributed by atoms with Crippen LogP contribution in [0.3, 0.4) is 0 Å². The standard InChI is InChI=1S/2C4H8OS2.Pt/c2*1-3(2)5-4(6)7;/h2*3H,1-2H3,(H,6,7);/q;;+2/p-2. The molecule has 15 heavy (non-hydrogen) atoms. The summed E-state index contributed by atoms with van der Waals surface area (Å²) in [7, 11) is 0. The van der Waals surface area contributed by atoms with Crippen LogP contribution >= 0.6 is 24.4 Å². The summed E-state index contributed by atoms with van der Waals surface area (Å²) in [4.78, 5) is 0. The minimum absolute atomic E-state index is 0. The molecule has 0 saturated heterocycles. The summed E-state index contributed by atoms with van der Waals surface area (Å²) < 4.78 is 10.0. The van der Waals surface area contributed by atoms with Crippen molar-refractivity contribution in [3.8, 4) is 0 Å². The van der Waals surface area contributed by atoms with Gasteiger partial charge >= 0.3 is 21.1 Å². The van der Waals surface area contributed by atoms with Crippen LogP contribution in [0.25, 0.3) is 0 Å². The summed E-state index contributed by atoms with van der Waals surface area (Å²) in [5, 5.41) is 0. The molecule has 0 radical (unpaired) electrons. The fraction of sp³-hybridized carbons (Fsp3) is 0.750. The molecule has 0 aliphatic heterocycles. The van der Waals surface area contributed by atoms with Gasteiger partial charge in [0.15, 0.2) is 0 Å². The molecule has 0 aromatic carbocycles. The molecule has 0 saturated carbocycles. The summed E-state index contributed by atoms with van der Waals surface area (Å²) in [6.07, 6.45) is 0.259. The van der Waals surface area contributed by atoms with Gasteiger partial charge in [-0.2, -0.15) is 0 Å². The maximum Gasteiger partial charge on any atom is 2.00 e. The van der Waals surface area contributed by atoms with Crippen molar-refractivity contribution >= 4 is 58.5 Å². The molecular formula is C8H14O2PtS4. The number of thiocarbonyl (C=S) groups is 2. The van der Waals surface area contributed by atoms with Crippen molar-refractivity contribution in [3.05, 3.63) is 0 Å². The fourth-order valence-corrected chi connectivity index (χ4v) is 1.15. The molecule has 0 rings (SSSR count). The Morgan fingerprint density at radius 1 is 0.867 bits per heavy atom. The Morgan fingerprint density at radius 2 is 1.07 bits per heavy atom. The van der Waals surface area contributed by atoms with Gasteiger partial charge in [0.1, 0.15) is 0 Å². The van der Waals surface area contributed by atoms with Gasteiger partial charge in [-0.25, -0.2) is 0 Å². The van der Waals surface area contributed by atoms with Gasteiger partial charge < -0.3 is 59.2 Å². The molecule has 0 heterocycles. The summed E-state index contributed by atoms with van der Waals surface area (Å²) in [6.45, 7) is 7.55. The molecular weight excluding hydrogens is 451 g/mol. The first-order chi connectivity index (χ1) is 6.25. The molecule has 0 atom stereocenters. The maximum absolute atomic E-state index is 4.80. The second-order valence-corrected chi connectivity index (χ2v) is 4.83. The van der Waals surface area contributed by atoms with Crippen molar-refractivity contribution in [2.24, 2.45) is 0 Å². The maximum atomic E-state index is 4.80. The van der Waals surface area contributed by atoms with Crippen LogP contribution in [0.5, 0.6) is 0 Å². The van der Waals surface area contributed by atoms with Gasteiger partial charge in [-0.3, -0.25) is 0 Å². The predicted octanol–water partition coefficient (Wildman–Crippen LogP) is 2.48. The number of hydrogen-bond acceptors (Lipinski definition) is 6. The van der Waals surface area contributed by atoms with E-state index < -0.39 is 0 Å². The molecule has 0 aromatic rings. The van der Waals surface area contributed by atoms with Crippen molar-refractivity contribution in [3.63, 3.8) is 0 Å². The summed E-state index contributed by atoms with van der Waals surface area (Å²) in [6, 6.07) is 0. The van der Waals surface area contributed by atoms with Gasteiger partial charge in [0.25, 0.3) is 0 Å². The topological polar surface area (TPSA) is 18.5 Å². The van der Waals surface area contributed by atoms with Crippen LogP contribution < -0.4 is 0 Å². The van der Waals surface area contributed by atoms with Crippen LogP contribution in [0.1, 0.15) is 27.7 Å². The van der Waals surface area contributed by atoms with Gasteiger partial charge in [-0.05, 0) is 27.7 Å². The second kappa shape index (κ2) is 13.0. The van der Waals surface area contributed by atoms with Crippen LogP contribution in [-0.2, 0) is 55.8 Å². The van der Waals surface area contributed by atoms with Crippen molar-refractivity contribution in [1.29, 1.82) is 0 Å². The Labute approximate surface area is 128 Å². The third-order valence-corrected chi connectivity index (χ3v) is 1.05. The van der Waals surface area contributed by atoms with E-state index in [1.165, 1.54) is 0 Å². The number of hydrogen-bond donors (Lipinski definition) is 0. The van der Waals surface area contributed by atoms with Crippen molar-refractivity contribution in [2.45, 2.75) is 39.9 Å². The Hall–Kier alpha value is 0.908. The fourth-order valence-electron chi connectivity index (χ4n) is 0.385. The monoisotopic (exact) mass is 465 g/mol. The Kier molecular flexibility index (Phi) is 18.4. The average molecular weight is 466 g/mol. The van der Waals surface area contributed by atoms with E-state index in [0.717, 1.165) is 0 Å². The number of rotatable bonds is 2. The van der Waals surface area contributed by atoms with Crippen LogP contribution in [0, 0.1) is 0 Å². The average Bonchev–Trinajstić information content (AvgIpc) is 1.79. The van der Waals surface area contributed by atoms with Crippen LogP contribution in [0.2, 0.25) is 0 Å². The molecule has 0 N–H and O–H groups in total. The van der Waals surface area contributed by atoms with Gasteiger partial charge in [0, 0.05) is 8.77 Å². The predicted molar refractivity (Wildman–Crippen MR) is 72.4 cm³/mol. The smallest absolute Gasteiger partial charge is 0.511 e. The SMILES string of the molecule is CC(C)OC(=S)[S-].CC(C)OC(=S)[S-].[Pt+2]. The quantitative estimate of drug-likeness (QED) is 0.458. The zero-order valence-corrected chi connectivity index (χ0v) is 14.5. The van der Waals surface area contributed by atoms with E-state index in [2.05, 4.69) is 49.7 Å². The van der Waals surface area contributed by atoms with Crippen LogP contribution in [0.15, 0.2) is 0 Å². The first-order valence-electron chi connectivity index (χ1n) is 4.01. The first kappa shape index (κ1) is 21.2. The minimum atomic E-state index is 0. The van der Waals surface area contributed by atoms with E-state index >= 15 is 0 Å². The molecule has 7 heteroatoms. The molecule has 0 aromatic heterocycles. The van der Waals surface area contributed by atoms with E-state index in [-0.39, 0.29) is 42.0 Å². The molecule has 0 bridgehead atoms. The van der Waals surface area contributed by atoms with Gasteiger partial charge in [-0.1, -0.05) is 0 Å². The second-order valence-electron chi connectivity index (χ2n) is 2.83. The summed E-state index contributed by atoms with van der Waals surface area (Å²) in [5.41, 5.74) is 0. The molecule has 0 aliphatic rings. The van der Waals surface area contributed by atoms with Gasteiger partial charge in [-0.15, -0.1) is 0 Å². The normalized spacial score (nSPS) is 8.40. The number of ether oxygens (including phenoxy) is 2. The summed E-state index contributed by atoms with van der Waals surface area (Å²) >= 11 is 17.9. The largest absolute Gasteiger partial charge is 2.00 e. The molecule has 0 unspecified atom stereocenters. The van der Waals surface area contributed by atoms with Crippen molar-refractivity contribution in [1.82, 2.24) is 0 Å². The molecule has 92 valence electrons. The molecule has 0 aliphatic carbocycles. The molecule has 0 fully saturated rings. The van der Waals surface area contributed by atoms with Crippen LogP contribution in [-0.4, -0.2) is 21.0 Å². The first-order valence-corrected chi connectivity index (χ1v) is 5.64. The van der Waals surface area contributed by atoms with Crippen LogP contribution in [0.4, 0.5) is 0 Å². The zero-order chi connectivity index (χ0) is 11.7. The zero-order valence-electron chi connectivity index (χ0n) is 8.92. The molecule has 0 spiro atoms. The minimum Gasteiger partial charge on any atom is -0.511 e. The third kappa shape index (κ3) is 31.3. The Balaban J connectivity index is -0.000000180. The van der Waals surface area contributed by atoms with Crippen molar-refractivity contribution < 1.29 is 30.5 Å². The van der Waals surface area contributed by atoms with E-state index in [9.17, 15) is 0 Å². The Bertz CT molecular complexity index is 165. The third-order valence-electron chi connectivity index (χ3n) is 0.664. The summed E-state index contributed by atoms with van der Waals surface area (Å²) in [5.74, 6) is 0. The molecule has 2 nitrogen and oxygen atoms in total. The van der Waals surface area contributed by atoms with E-state index in [1.807, 2.05) is 27.7 Å². The van der Waals surface area contributed by atoms with E-state index in [0.29, 0.717) is 0 Å². The van der Waals surface area contributed by atoms with Gasteiger partial charge in [0.2, 0.25) is 0 Å². The molecule has 0 amide bonds. The van der Waals surface area contributed by atoms with Crippen molar-refractivity contribution in [2.75, 3.05) is 0 Å². The van der Waals surface area contributed by atoms with E-state index in [4.69, 9.17) is 9.47 Å². The van der Waals surface area contributed by atoms with Gasteiger partial charge in [0.05, 0.1) is 12.2 Å². The Morgan fingerprint density at radius 3 is 1.07 bits per heavy atom.